The zero-order valence-electron chi connectivity index (χ0n) is 6.34. The van der Waals surface area contributed by atoms with E-state index in [2.05, 4.69) is 22.5 Å². The molecule has 0 aliphatic rings. The van der Waals surface area contributed by atoms with Gasteiger partial charge in [-0.25, -0.2) is 0 Å². The largest absolute Gasteiger partial charge is 0.331 e. The summed E-state index contributed by atoms with van der Waals surface area (Å²) >= 11 is 3.11. The maximum atomic E-state index is 10.8. The van der Waals surface area contributed by atoms with Gasteiger partial charge < -0.3 is 9.69 Å². The number of carbonyl (C=O) groups excluding carboxylic acids is 2. The van der Waals surface area contributed by atoms with E-state index in [0.717, 1.165) is 0 Å². The number of aldehydes is 1. The minimum absolute atomic E-state index is 0.125. The first-order chi connectivity index (χ1) is 5.07. The number of rotatable bonds is 4. The third-order valence-electron chi connectivity index (χ3n) is 1.10. The van der Waals surface area contributed by atoms with E-state index in [-0.39, 0.29) is 12.5 Å². The van der Waals surface area contributed by atoms with E-state index in [4.69, 9.17) is 0 Å². The summed E-state index contributed by atoms with van der Waals surface area (Å²) < 4.78 is 0.689. The highest BCUT2D eigenvalue weighted by Crippen LogP contribution is 2.03. The molecule has 0 aromatic rings. The topological polar surface area (TPSA) is 37.4 Å². The Morgan fingerprint density at radius 3 is 2.55 bits per heavy atom. The first kappa shape index (κ1) is 10.4. The van der Waals surface area contributed by atoms with Gasteiger partial charge in [-0.15, -0.1) is 0 Å². The summed E-state index contributed by atoms with van der Waals surface area (Å²) in [5.74, 6) is -0.127. The summed E-state index contributed by atoms with van der Waals surface area (Å²) in [5, 5.41) is 0. The molecule has 4 heteroatoms. The molecule has 0 radical (unpaired) electrons. The molecule has 0 fully saturated rings. The van der Waals surface area contributed by atoms with Gasteiger partial charge in [0.2, 0.25) is 5.91 Å². The van der Waals surface area contributed by atoms with Crippen molar-refractivity contribution in [1.29, 1.82) is 0 Å². The smallest absolute Gasteiger partial charge is 0.220 e. The fourth-order valence-electron chi connectivity index (χ4n) is 0.602. The normalized spacial score (nSPS) is 8.91. The van der Waals surface area contributed by atoms with Crippen LogP contribution in [0.3, 0.4) is 0 Å². The molecule has 0 unspecified atom stereocenters. The molecule has 0 aliphatic heterocycles. The Hall–Kier alpha value is -0.640. The van der Waals surface area contributed by atoms with Gasteiger partial charge in [-0.05, 0) is 0 Å². The predicted molar refractivity (Wildman–Crippen MR) is 46.4 cm³/mol. The molecule has 0 aliphatic carbocycles. The lowest BCUT2D eigenvalue weighted by molar-refractivity contribution is -0.130. The zero-order valence-corrected chi connectivity index (χ0v) is 7.93. The van der Waals surface area contributed by atoms with Crippen LogP contribution >= 0.6 is 15.9 Å². The molecule has 62 valence electrons. The Balaban J connectivity index is 3.99. The van der Waals surface area contributed by atoms with Gasteiger partial charge in [-0.2, -0.15) is 0 Å². The molecule has 0 spiro atoms. The number of hydrogen-bond acceptors (Lipinski definition) is 2. The molecule has 0 atom stereocenters. The molecule has 11 heavy (non-hydrogen) atoms. The minimum atomic E-state index is -0.127. The lowest BCUT2D eigenvalue weighted by Crippen LogP contribution is -2.31. The lowest BCUT2D eigenvalue weighted by atomic mass is 10.4. The predicted octanol–water partition coefficient (Wildman–Crippen LogP) is 0.942. The molecule has 0 saturated heterocycles. The van der Waals surface area contributed by atoms with Crippen LogP contribution in [0.1, 0.15) is 6.92 Å². The maximum Gasteiger partial charge on any atom is 0.220 e. The average Bonchev–Trinajstić information content (AvgIpc) is 1.86. The summed E-state index contributed by atoms with van der Waals surface area (Å²) in [7, 11) is 0. The molecule has 0 bridgehead atoms. The number of halogens is 1. The Kier molecular flexibility index (Phi) is 4.77. The van der Waals surface area contributed by atoms with Crippen LogP contribution in [-0.2, 0) is 9.59 Å². The summed E-state index contributed by atoms with van der Waals surface area (Å²) in [5.41, 5.74) is 0. The van der Waals surface area contributed by atoms with E-state index in [1.54, 1.807) is 0 Å². The third-order valence-corrected chi connectivity index (χ3v) is 1.35. The fraction of sp³-hybridized carbons (Fsp3) is 0.429. The maximum absolute atomic E-state index is 10.8. The van der Waals surface area contributed by atoms with Crippen LogP contribution in [0.5, 0.6) is 0 Å². The van der Waals surface area contributed by atoms with Crippen molar-refractivity contribution >= 4 is 28.1 Å². The molecular weight excluding hydrogens is 210 g/mol. The van der Waals surface area contributed by atoms with Crippen LogP contribution < -0.4 is 0 Å². The van der Waals surface area contributed by atoms with Crippen LogP contribution in [0, 0.1) is 0 Å². The van der Waals surface area contributed by atoms with Crippen molar-refractivity contribution in [3.63, 3.8) is 0 Å². The Morgan fingerprint density at radius 1 is 1.73 bits per heavy atom. The monoisotopic (exact) mass is 219 g/mol. The summed E-state index contributed by atoms with van der Waals surface area (Å²) in [6.07, 6.45) is 0.692. The van der Waals surface area contributed by atoms with Gasteiger partial charge in [0, 0.05) is 11.4 Å². The second-order valence-electron chi connectivity index (χ2n) is 2.08. The molecule has 0 heterocycles. The van der Waals surface area contributed by atoms with Gasteiger partial charge >= 0.3 is 0 Å². The van der Waals surface area contributed by atoms with Crippen LogP contribution in [0.15, 0.2) is 11.1 Å². The van der Waals surface area contributed by atoms with Crippen LogP contribution in [0.2, 0.25) is 0 Å². The molecule has 0 aromatic heterocycles. The van der Waals surface area contributed by atoms with E-state index in [1.807, 2.05) is 0 Å². The first-order valence-corrected chi connectivity index (χ1v) is 3.89. The lowest BCUT2D eigenvalue weighted by Gasteiger charge is -2.16. The van der Waals surface area contributed by atoms with Crippen molar-refractivity contribution in [3.05, 3.63) is 11.1 Å². The second-order valence-corrected chi connectivity index (χ2v) is 3.20. The van der Waals surface area contributed by atoms with Gasteiger partial charge in [0.15, 0.2) is 0 Å². The van der Waals surface area contributed by atoms with E-state index in [1.165, 1.54) is 11.8 Å². The quantitative estimate of drug-likeness (QED) is 0.661. The van der Waals surface area contributed by atoms with Crippen LogP contribution in [-0.4, -0.2) is 30.2 Å². The van der Waals surface area contributed by atoms with Gasteiger partial charge in [-0.3, -0.25) is 4.79 Å². The minimum Gasteiger partial charge on any atom is -0.331 e. The first-order valence-electron chi connectivity index (χ1n) is 3.10. The highest BCUT2D eigenvalue weighted by atomic mass is 79.9. The van der Waals surface area contributed by atoms with Gasteiger partial charge in [0.1, 0.15) is 6.29 Å². The van der Waals surface area contributed by atoms with Gasteiger partial charge in [0.05, 0.1) is 13.1 Å². The zero-order chi connectivity index (χ0) is 8.85. The molecule has 0 saturated carbocycles. The fourth-order valence-corrected chi connectivity index (χ4v) is 0.904. The van der Waals surface area contributed by atoms with Crippen molar-refractivity contribution in [1.82, 2.24) is 4.90 Å². The Labute approximate surface area is 74.2 Å². The molecule has 0 rings (SSSR count). The Morgan fingerprint density at radius 2 is 2.27 bits per heavy atom. The van der Waals surface area contributed by atoms with Crippen molar-refractivity contribution in [2.75, 3.05) is 13.1 Å². The average molecular weight is 220 g/mol. The summed E-state index contributed by atoms with van der Waals surface area (Å²) in [6, 6.07) is 0. The number of nitrogens with zero attached hydrogens (tertiary/aromatic N) is 1. The highest BCUT2D eigenvalue weighted by Gasteiger charge is 2.06. The summed E-state index contributed by atoms with van der Waals surface area (Å²) in [6.45, 7) is 5.49. The molecular formula is C7H10BrNO2. The van der Waals surface area contributed by atoms with Crippen molar-refractivity contribution in [3.8, 4) is 0 Å². The molecule has 0 N–H and O–H groups in total. The van der Waals surface area contributed by atoms with Crippen molar-refractivity contribution in [2.24, 2.45) is 0 Å². The number of hydrogen-bond donors (Lipinski definition) is 0. The second kappa shape index (κ2) is 5.07. The van der Waals surface area contributed by atoms with E-state index < -0.39 is 0 Å². The third kappa shape index (κ3) is 4.72. The standard InChI is InChI=1S/C7H10BrNO2/c1-6(8)5-9(3-4-10)7(2)11/h4H,1,3,5H2,2H3. The molecule has 0 aromatic carbocycles. The van der Waals surface area contributed by atoms with E-state index in [9.17, 15) is 9.59 Å². The summed E-state index contributed by atoms with van der Waals surface area (Å²) in [4.78, 5) is 22.2. The van der Waals surface area contributed by atoms with Crippen molar-refractivity contribution in [2.45, 2.75) is 6.92 Å². The Bertz CT molecular complexity index is 179. The van der Waals surface area contributed by atoms with Gasteiger partial charge in [-0.1, -0.05) is 22.5 Å². The van der Waals surface area contributed by atoms with E-state index >= 15 is 0 Å². The molecule has 3 nitrogen and oxygen atoms in total. The molecule has 1 amide bonds. The number of amides is 1. The highest BCUT2D eigenvalue weighted by molar-refractivity contribution is 9.11. The number of carbonyl (C=O) groups is 2. The van der Waals surface area contributed by atoms with Crippen LogP contribution in [0.25, 0.3) is 0 Å². The van der Waals surface area contributed by atoms with Gasteiger partial charge in [0.25, 0.3) is 0 Å². The van der Waals surface area contributed by atoms with Crippen molar-refractivity contribution < 1.29 is 9.59 Å². The van der Waals surface area contributed by atoms with E-state index in [0.29, 0.717) is 17.3 Å². The SMILES string of the molecule is C=C(Br)CN(CC=O)C(C)=O. The van der Waals surface area contributed by atoms with Crippen LogP contribution in [0.4, 0.5) is 0 Å².